The van der Waals surface area contributed by atoms with E-state index in [1.165, 1.54) is 27.7 Å². The average Bonchev–Trinajstić information content (AvgIpc) is 3.41. The topological polar surface area (TPSA) is 51.7 Å². The zero-order chi connectivity index (χ0) is 24.4. The third kappa shape index (κ3) is 4.88. The van der Waals surface area contributed by atoms with Gasteiger partial charge in [-0.2, -0.15) is 0 Å². The summed E-state index contributed by atoms with van der Waals surface area (Å²) in [5.74, 6) is 0.753. The third-order valence-corrected chi connectivity index (χ3v) is 7.51. The van der Waals surface area contributed by atoms with Crippen LogP contribution in [-0.2, 0) is 6.42 Å². The number of H-pyrrole nitrogens is 1. The van der Waals surface area contributed by atoms with Gasteiger partial charge >= 0.3 is 0 Å². The number of para-hydroxylation sites is 1. The van der Waals surface area contributed by atoms with E-state index in [1.807, 2.05) is 18.2 Å². The van der Waals surface area contributed by atoms with Gasteiger partial charge in [-0.25, -0.2) is 0 Å². The predicted octanol–water partition coefficient (Wildman–Crippen LogP) is 4.86. The molecule has 2 aromatic carbocycles. The zero-order valence-corrected chi connectivity index (χ0v) is 20.5. The minimum atomic E-state index is -0.559. The average molecular weight is 478 g/mol. The zero-order valence-electron chi connectivity index (χ0n) is 20.5. The molecule has 0 spiro atoms. The van der Waals surface area contributed by atoms with Crippen molar-refractivity contribution >= 4 is 10.9 Å². The highest BCUT2D eigenvalue weighted by atomic mass is 19.1. The number of nitrogens with one attached hydrogen (secondary N) is 1. The minimum absolute atomic E-state index is 0.128. The molecule has 6 heteroatoms. The van der Waals surface area contributed by atoms with E-state index in [9.17, 15) is 9.50 Å². The van der Waals surface area contributed by atoms with Gasteiger partial charge in [0.1, 0.15) is 18.0 Å². The van der Waals surface area contributed by atoms with Crippen LogP contribution in [-0.4, -0.2) is 71.0 Å². The minimum Gasteiger partial charge on any atom is -0.486 e. The molecule has 1 fully saturated rings. The van der Waals surface area contributed by atoms with E-state index in [-0.39, 0.29) is 18.8 Å². The molecule has 0 unspecified atom stereocenters. The Bertz CT molecular complexity index is 1140. The quantitative estimate of drug-likeness (QED) is 0.432. The van der Waals surface area contributed by atoms with Crippen molar-refractivity contribution < 1.29 is 14.2 Å². The molecule has 1 saturated heterocycles. The number of likely N-dealkylation sites (tertiary alicyclic amines) is 1. The van der Waals surface area contributed by atoms with Gasteiger partial charge in [0, 0.05) is 48.8 Å². The summed E-state index contributed by atoms with van der Waals surface area (Å²) in [4.78, 5) is 8.37. The van der Waals surface area contributed by atoms with Crippen LogP contribution in [0.1, 0.15) is 42.6 Å². The summed E-state index contributed by atoms with van der Waals surface area (Å²) in [6, 6.07) is 17.4. The molecule has 1 aromatic heterocycles. The van der Waals surface area contributed by atoms with E-state index in [2.05, 4.69) is 64.7 Å². The van der Waals surface area contributed by atoms with E-state index >= 15 is 0 Å². The molecule has 0 aliphatic carbocycles. The van der Waals surface area contributed by atoms with E-state index in [0.29, 0.717) is 32.1 Å². The van der Waals surface area contributed by atoms with Crippen LogP contribution in [0, 0.1) is 0 Å². The van der Waals surface area contributed by atoms with Gasteiger partial charge in [-0.1, -0.05) is 36.4 Å². The summed E-state index contributed by atoms with van der Waals surface area (Å²) in [6.45, 7) is 8.68. The fourth-order valence-corrected chi connectivity index (χ4v) is 5.77. The lowest BCUT2D eigenvalue weighted by Gasteiger charge is -2.41. The van der Waals surface area contributed by atoms with Crippen LogP contribution in [0.5, 0.6) is 5.75 Å². The second kappa shape index (κ2) is 10.5. The van der Waals surface area contributed by atoms with Crippen molar-refractivity contribution in [1.29, 1.82) is 0 Å². The lowest BCUT2D eigenvalue weighted by molar-refractivity contribution is 0.0736. The molecule has 2 aliphatic heterocycles. The van der Waals surface area contributed by atoms with E-state index < -0.39 is 6.10 Å². The molecule has 4 atom stereocenters. The summed E-state index contributed by atoms with van der Waals surface area (Å²) in [6.07, 6.45) is 3.59. The standard InChI is InChI=1S/C29H36FN3O2/c1-3-4-16-33-20(2)17-24-23-8-5-6-9-25(23)31-28(24)29(33)21-10-12-22(13-11-21)35-27-19-32(15-7-14-30)18-26(27)34/h3,5-6,8-13,20,26-27,29,31,34H,1,4,7,14-19H2,2H3/t20-,26-,27-,29-/m1/s1. The lowest BCUT2D eigenvalue weighted by atomic mass is 9.88. The Morgan fingerprint density at radius 2 is 1.94 bits per heavy atom. The number of aliphatic hydroxyl groups is 1. The summed E-state index contributed by atoms with van der Waals surface area (Å²) >= 11 is 0. The van der Waals surface area contributed by atoms with E-state index in [1.54, 1.807) is 0 Å². The number of alkyl halides is 1. The predicted molar refractivity (Wildman–Crippen MR) is 139 cm³/mol. The monoisotopic (exact) mass is 477 g/mol. The van der Waals surface area contributed by atoms with Gasteiger partial charge in [0.2, 0.25) is 0 Å². The highest BCUT2D eigenvalue weighted by Crippen LogP contribution is 2.41. The number of benzene rings is 2. The molecule has 0 radical (unpaired) electrons. The van der Waals surface area contributed by atoms with Crippen LogP contribution in [0.3, 0.4) is 0 Å². The number of fused-ring (bicyclic) bond motifs is 3. The van der Waals surface area contributed by atoms with Gasteiger partial charge in [-0.05, 0) is 55.5 Å². The normalized spacial score (nSPS) is 25.1. The van der Waals surface area contributed by atoms with E-state index in [0.717, 1.165) is 25.1 Å². The molecule has 35 heavy (non-hydrogen) atoms. The second-order valence-corrected chi connectivity index (χ2v) is 9.93. The van der Waals surface area contributed by atoms with Crippen LogP contribution in [0.25, 0.3) is 10.9 Å². The highest BCUT2D eigenvalue weighted by molar-refractivity contribution is 5.85. The number of ether oxygens (including phenoxy) is 1. The van der Waals surface area contributed by atoms with Crippen LogP contribution >= 0.6 is 0 Å². The third-order valence-electron chi connectivity index (χ3n) is 7.51. The first kappa shape index (κ1) is 24.0. The van der Waals surface area contributed by atoms with E-state index in [4.69, 9.17) is 4.74 Å². The largest absolute Gasteiger partial charge is 0.486 e. The van der Waals surface area contributed by atoms with Gasteiger partial charge in [-0.15, -0.1) is 6.58 Å². The number of aromatic nitrogens is 1. The Hall–Kier alpha value is -2.67. The fourth-order valence-electron chi connectivity index (χ4n) is 5.77. The number of rotatable bonds is 9. The summed E-state index contributed by atoms with van der Waals surface area (Å²) in [5, 5.41) is 11.7. The Morgan fingerprint density at radius 1 is 1.14 bits per heavy atom. The number of nitrogens with zero attached hydrogens (tertiary/aromatic N) is 2. The Balaban J connectivity index is 1.40. The van der Waals surface area contributed by atoms with Crippen molar-refractivity contribution in [3.63, 3.8) is 0 Å². The number of aliphatic hydroxyl groups excluding tert-OH is 1. The molecule has 0 bridgehead atoms. The van der Waals surface area contributed by atoms with Gasteiger partial charge in [0.05, 0.1) is 12.7 Å². The lowest BCUT2D eigenvalue weighted by Crippen LogP contribution is -2.43. The smallest absolute Gasteiger partial charge is 0.138 e. The maximum atomic E-state index is 12.5. The van der Waals surface area contributed by atoms with Crippen molar-refractivity contribution in [1.82, 2.24) is 14.8 Å². The highest BCUT2D eigenvalue weighted by Gasteiger charge is 2.36. The van der Waals surface area contributed by atoms with Crippen LogP contribution in [0.2, 0.25) is 0 Å². The van der Waals surface area contributed by atoms with Crippen LogP contribution in [0.4, 0.5) is 4.39 Å². The first-order valence-corrected chi connectivity index (χ1v) is 12.8. The summed E-state index contributed by atoms with van der Waals surface area (Å²) in [7, 11) is 0. The SMILES string of the molecule is C=CCCN1[C@H](c2ccc(O[C@@H]3CN(CCCF)C[C@H]3O)cc2)c2[nH]c3ccccc3c2C[C@H]1C. The Labute approximate surface area is 207 Å². The molecule has 5 nitrogen and oxygen atoms in total. The molecular weight excluding hydrogens is 441 g/mol. The fraction of sp³-hybridized carbons (Fsp3) is 0.448. The molecule has 0 saturated carbocycles. The van der Waals surface area contributed by atoms with Gasteiger partial charge in [0.25, 0.3) is 0 Å². The number of hydrogen-bond acceptors (Lipinski definition) is 4. The number of β-amino-alcohol motifs (C(OH)–C–C–N with tert-alkyl or cyclic N) is 1. The summed E-state index contributed by atoms with van der Waals surface area (Å²) in [5.41, 5.74) is 5.09. The van der Waals surface area contributed by atoms with Crippen LogP contribution in [0.15, 0.2) is 61.2 Å². The molecule has 186 valence electrons. The number of hydrogen-bond donors (Lipinski definition) is 2. The number of aromatic amines is 1. The number of halogens is 1. The summed E-state index contributed by atoms with van der Waals surface area (Å²) < 4.78 is 18.7. The Morgan fingerprint density at radius 3 is 2.71 bits per heavy atom. The van der Waals surface area contributed by atoms with Crippen molar-refractivity contribution in [3.8, 4) is 5.75 Å². The maximum absolute atomic E-state index is 12.5. The molecule has 3 heterocycles. The van der Waals surface area contributed by atoms with Gasteiger partial charge in [-0.3, -0.25) is 14.2 Å². The molecule has 5 rings (SSSR count). The maximum Gasteiger partial charge on any atom is 0.138 e. The van der Waals surface area contributed by atoms with Gasteiger partial charge < -0.3 is 14.8 Å². The van der Waals surface area contributed by atoms with Crippen LogP contribution < -0.4 is 4.74 Å². The van der Waals surface area contributed by atoms with Crippen molar-refractivity contribution in [2.24, 2.45) is 0 Å². The van der Waals surface area contributed by atoms with Crippen molar-refractivity contribution in [2.45, 2.75) is 50.5 Å². The molecule has 0 amide bonds. The molecule has 3 aromatic rings. The van der Waals surface area contributed by atoms with Crippen molar-refractivity contribution in [2.75, 3.05) is 32.9 Å². The van der Waals surface area contributed by atoms with Gasteiger partial charge in [0.15, 0.2) is 0 Å². The molecule has 2 aliphatic rings. The first-order chi connectivity index (χ1) is 17.1. The van der Waals surface area contributed by atoms with Crippen molar-refractivity contribution in [3.05, 3.63) is 78.0 Å². The second-order valence-electron chi connectivity index (χ2n) is 9.93. The molecule has 2 N–H and O–H groups in total. The first-order valence-electron chi connectivity index (χ1n) is 12.8. The Kier molecular flexibility index (Phi) is 7.23. The molecular formula is C29H36FN3O2.